The maximum absolute atomic E-state index is 9.55. The molecule has 3 atom stereocenters. The Morgan fingerprint density at radius 2 is 2.00 bits per heavy atom. The van der Waals surface area contributed by atoms with Gasteiger partial charge in [-0.25, -0.2) is 0 Å². The standard InChI is InChI=1S/C8H15NO2/c10-5-6-1-3-9-4-2-7(11)8(6)9/h6-8,10-11H,1-5H2. The molecule has 2 aliphatic heterocycles. The van der Waals surface area contributed by atoms with Crippen molar-refractivity contribution in [3.05, 3.63) is 0 Å². The smallest absolute Gasteiger partial charge is 0.0711 e. The predicted molar refractivity (Wildman–Crippen MR) is 41.2 cm³/mol. The fraction of sp³-hybridized carbons (Fsp3) is 1.00. The molecule has 0 aliphatic carbocycles. The van der Waals surface area contributed by atoms with Crippen LogP contribution in [0.15, 0.2) is 0 Å². The lowest BCUT2D eigenvalue weighted by Gasteiger charge is -2.21. The number of nitrogens with zero attached hydrogens (tertiary/aromatic N) is 1. The highest BCUT2D eigenvalue weighted by Gasteiger charge is 2.42. The molecule has 2 aliphatic rings. The average molecular weight is 157 g/mol. The molecule has 2 N–H and O–H groups in total. The molecule has 2 heterocycles. The topological polar surface area (TPSA) is 43.7 Å². The summed E-state index contributed by atoms with van der Waals surface area (Å²) in [5, 5.41) is 18.5. The zero-order chi connectivity index (χ0) is 7.84. The van der Waals surface area contributed by atoms with Gasteiger partial charge in [-0.15, -0.1) is 0 Å². The Balaban J connectivity index is 2.07. The number of hydrogen-bond acceptors (Lipinski definition) is 3. The maximum atomic E-state index is 9.55. The molecule has 11 heavy (non-hydrogen) atoms. The van der Waals surface area contributed by atoms with Crippen molar-refractivity contribution in [3.8, 4) is 0 Å². The second-order valence-corrected chi connectivity index (χ2v) is 3.61. The first-order chi connectivity index (χ1) is 5.33. The zero-order valence-electron chi connectivity index (χ0n) is 6.61. The van der Waals surface area contributed by atoms with Gasteiger partial charge < -0.3 is 10.2 Å². The number of hydrogen-bond donors (Lipinski definition) is 2. The van der Waals surface area contributed by atoms with Gasteiger partial charge in [-0.1, -0.05) is 0 Å². The van der Waals surface area contributed by atoms with E-state index in [-0.39, 0.29) is 18.8 Å². The molecular weight excluding hydrogens is 142 g/mol. The molecule has 2 saturated heterocycles. The molecule has 0 radical (unpaired) electrons. The zero-order valence-corrected chi connectivity index (χ0v) is 6.61. The highest BCUT2D eigenvalue weighted by molar-refractivity contribution is 4.96. The van der Waals surface area contributed by atoms with Crippen LogP contribution in [0.1, 0.15) is 12.8 Å². The van der Waals surface area contributed by atoms with Crippen LogP contribution in [0.4, 0.5) is 0 Å². The van der Waals surface area contributed by atoms with Gasteiger partial charge in [0.15, 0.2) is 0 Å². The lowest BCUT2D eigenvalue weighted by molar-refractivity contribution is 0.0902. The van der Waals surface area contributed by atoms with Crippen molar-refractivity contribution in [3.63, 3.8) is 0 Å². The Morgan fingerprint density at radius 1 is 1.27 bits per heavy atom. The SMILES string of the molecule is OCC1CCN2CCC(O)C12. The van der Waals surface area contributed by atoms with Crippen molar-refractivity contribution in [1.82, 2.24) is 4.90 Å². The Kier molecular flexibility index (Phi) is 1.87. The molecular formula is C8H15NO2. The Hall–Kier alpha value is -0.120. The summed E-state index contributed by atoms with van der Waals surface area (Å²) in [4.78, 5) is 2.30. The first kappa shape index (κ1) is 7.53. The van der Waals surface area contributed by atoms with Crippen LogP contribution in [0.2, 0.25) is 0 Å². The van der Waals surface area contributed by atoms with Crippen molar-refractivity contribution in [2.45, 2.75) is 25.0 Å². The molecule has 3 unspecified atom stereocenters. The molecule has 2 rings (SSSR count). The Morgan fingerprint density at radius 3 is 2.73 bits per heavy atom. The summed E-state index contributed by atoms with van der Waals surface area (Å²) < 4.78 is 0. The molecule has 64 valence electrons. The number of rotatable bonds is 1. The van der Waals surface area contributed by atoms with Crippen LogP contribution in [-0.2, 0) is 0 Å². The van der Waals surface area contributed by atoms with Crippen LogP contribution in [-0.4, -0.2) is 47.0 Å². The van der Waals surface area contributed by atoms with Gasteiger partial charge in [0.2, 0.25) is 0 Å². The third-order valence-corrected chi connectivity index (χ3v) is 3.03. The van der Waals surface area contributed by atoms with Crippen molar-refractivity contribution in [2.75, 3.05) is 19.7 Å². The van der Waals surface area contributed by atoms with Crippen LogP contribution < -0.4 is 0 Å². The molecule has 0 spiro atoms. The monoisotopic (exact) mass is 157 g/mol. The lowest BCUT2D eigenvalue weighted by Crippen LogP contribution is -2.35. The summed E-state index contributed by atoms with van der Waals surface area (Å²) >= 11 is 0. The fourth-order valence-corrected chi connectivity index (χ4v) is 2.44. The molecule has 3 heteroatoms. The molecule has 2 fully saturated rings. The van der Waals surface area contributed by atoms with E-state index in [0.29, 0.717) is 5.92 Å². The highest BCUT2D eigenvalue weighted by atomic mass is 16.3. The molecule has 0 aromatic rings. The van der Waals surface area contributed by atoms with Crippen molar-refractivity contribution < 1.29 is 10.2 Å². The van der Waals surface area contributed by atoms with Crippen molar-refractivity contribution >= 4 is 0 Å². The van der Waals surface area contributed by atoms with Gasteiger partial charge in [-0.3, -0.25) is 4.90 Å². The first-order valence-electron chi connectivity index (χ1n) is 4.36. The Bertz CT molecular complexity index is 151. The summed E-state index contributed by atoms with van der Waals surface area (Å²) in [6.07, 6.45) is 1.76. The molecule has 0 saturated carbocycles. The number of fused-ring (bicyclic) bond motifs is 1. The van der Waals surface area contributed by atoms with Crippen molar-refractivity contribution in [2.24, 2.45) is 5.92 Å². The van der Waals surface area contributed by atoms with E-state index in [9.17, 15) is 5.11 Å². The summed E-state index contributed by atoms with van der Waals surface area (Å²) in [5.74, 6) is 0.326. The van der Waals surface area contributed by atoms with Gasteiger partial charge >= 0.3 is 0 Å². The fourth-order valence-electron chi connectivity index (χ4n) is 2.44. The summed E-state index contributed by atoms with van der Waals surface area (Å²) in [7, 11) is 0. The van der Waals surface area contributed by atoms with Gasteiger partial charge in [-0.05, 0) is 19.4 Å². The Labute approximate surface area is 66.6 Å². The first-order valence-corrected chi connectivity index (χ1v) is 4.36. The van der Waals surface area contributed by atoms with Gasteiger partial charge in [0.1, 0.15) is 0 Å². The summed E-state index contributed by atoms with van der Waals surface area (Å²) in [6, 6.07) is 0.264. The molecule has 0 amide bonds. The largest absolute Gasteiger partial charge is 0.396 e. The third-order valence-electron chi connectivity index (χ3n) is 3.03. The van der Waals surface area contributed by atoms with E-state index >= 15 is 0 Å². The van der Waals surface area contributed by atoms with Crippen LogP contribution in [0.3, 0.4) is 0 Å². The van der Waals surface area contributed by atoms with E-state index in [2.05, 4.69) is 4.90 Å². The summed E-state index contributed by atoms with van der Waals surface area (Å²) in [5.41, 5.74) is 0. The van der Waals surface area contributed by atoms with Gasteiger partial charge in [0.05, 0.1) is 6.10 Å². The molecule has 0 bridgehead atoms. The minimum absolute atomic E-state index is 0.186. The quantitative estimate of drug-likeness (QED) is 0.536. The average Bonchev–Trinajstić information content (AvgIpc) is 2.54. The van der Waals surface area contributed by atoms with E-state index in [1.165, 1.54) is 0 Å². The van der Waals surface area contributed by atoms with Crippen LogP contribution in [0.5, 0.6) is 0 Å². The minimum atomic E-state index is -0.186. The number of aliphatic hydroxyl groups excluding tert-OH is 2. The molecule has 0 aromatic heterocycles. The number of aliphatic hydroxyl groups is 2. The third kappa shape index (κ3) is 1.08. The normalized spacial score (nSPS) is 44.7. The molecule has 3 nitrogen and oxygen atoms in total. The highest BCUT2D eigenvalue weighted by Crippen LogP contribution is 2.32. The van der Waals surface area contributed by atoms with Crippen LogP contribution in [0, 0.1) is 5.92 Å². The van der Waals surface area contributed by atoms with Crippen LogP contribution >= 0.6 is 0 Å². The van der Waals surface area contributed by atoms with Crippen LogP contribution in [0.25, 0.3) is 0 Å². The van der Waals surface area contributed by atoms with Gasteiger partial charge in [-0.2, -0.15) is 0 Å². The summed E-state index contributed by atoms with van der Waals surface area (Å²) in [6.45, 7) is 2.31. The maximum Gasteiger partial charge on any atom is 0.0711 e. The second-order valence-electron chi connectivity index (χ2n) is 3.61. The molecule has 0 aromatic carbocycles. The van der Waals surface area contributed by atoms with Gasteiger partial charge in [0.25, 0.3) is 0 Å². The van der Waals surface area contributed by atoms with E-state index in [1.54, 1.807) is 0 Å². The van der Waals surface area contributed by atoms with Gasteiger partial charge in [0, 0.05) is 25.1 Å². The van der Waals surface area contributed by atoms with Crippen molar-refractivity contribution in [1.29, 1.82) is 0 Å². The lowest BCUT2D eigenvalue weighted by atomic mass is 9.97. The van der Waals surface area contributed by atoms with E-state index in [1.807, 2.05) is 0 Å². The van der Waals surface area contributed by atoms with E-state index in [0.717, 1.165) is 25.9 Å². The second kappa shape index (κ2) is 2.73. The van der Waals surface area contributed by atoms with E-state index < -0.39 is 0 Å². The minimum Gasteiger partial charge on any atom is -0.396 e. The predicted octanol–water partition coefficient (Wildman–Crippen LogP) is -0.566. The van der Waals surface area contributed by atoms with E-state index in [4.69, 9.17) is 5.11 Å².